The van der Waals surface area contributed by atoms with Crippen LogP contribution in [0.4, 0.5) is 0 Å². The number of carbonyl (C=O) groups excluding carboxylic acids is 1. The molecule has 1 amide bonds. The van der Waals surface area contributed by atoms with E-state index in [1.54, 1.807) is 12.3 Å². The summed E-state index contributed by atoms with van der Waals surface area (Å²) >= 11 is 6.19. The number of amides is 1. The van der Waals surface area contributed by atoms with Crippen molar-refractivity contribution in [2.45, 2.75) is 31.0 Å². The fourth-order valence-corrected chi connectivity index (χ4v) is 3.99. The Labute approximate surface area is 157 Å². The molecule has 0 bridgehead atoms. The molecule has 3 heterocycles. The molecule has 6 heteroatoms. The number of hydrogen-bond acceptors (Lipinski definition) is 4. The molecule has 0 radical (unpaired) electrons. The number of aromatic nitrogens is 1. The minimum Gasteiger partial charge on any atom is -0.486 e. The van der Waals surface area contributed by atoms with E-state index < -0.39 is 0 Å². The van der Waals surface area contributed by atoms with Crippen molar-refractivity contribution in [3.63, 3.8) is 0 Å². The number of halogens is 1. The number of rotatable bonds is 3. The Morgan fingerprint density at radius 1 is 1.27 bits per heavy atom. The van der Waals surface area contributed by atoms with Gasteiger partial charge >= 0.3 is 0 Å². The van der Waals surface area contributed by atoms with Crippen molar-refractivity contribution in [2.24, 2.45) is 0 Å². The Morgan fingerprint density at radius 2 is 2.12 bits per heavy atom. The Balaban J connectivity index is 1.43. The zero-order valence-electron chi connectivity index (χ0n) is 14.4. The molecule has 4 rings (SSSR count). The largest absolute Gasteiger partial charge is 0.486 e. The zero-order valence-corrected chi connectivity index (χ0v) is 15.2. The summed E-state index contributed by atoms with van der Waals surface area (Å²) in [5.74, 6) is 0.640. The number of ether oxygens (including phenoxy) is 2. The molecule has 0 N–H and O–H groups in total. The van der Waals surface area contributed by atoms with Crippen LogP contribution >= 0.6 is 11.6 Å². The van der Waals surface area contributed by atoms with Crippen molar-refractivity contribution in [3.05, 3.63) is 59.4 Å². The molecule has 0 saturated carbocycles. The highest BCUT2D eigenvalue weighted by Gasteiger charge is 2.45. The number of para-hydroxylation sites is 1. The highest BCUT2D eigenvalue weighted by atomic mass is 35.5. The molecular formula is C20H21ClN2O3. The molecule has 1 spiro atoms. The third kappa shape index (κ3) is 3.55. The van der Waals surface area contributed by atoms with Gasteiger partial charge < -0.3 is 14.4 Å². The van der Waals surface area contributed by atoms with Gasteiger partial charge in [0.2, 0.25) is 0 Å². The third-order valence-electron chi connectivity index (χ3n) is 5.02. The van der Waals surface area contributed by atoms with Gasteiger partial charge in [0.05, 0.1) is 23.8 Å². The molecule has 26 heavy (non-hydrogen) atoms. The summed E-state index contributed by atoms with van der Waals surface area (Å²) in [6.45, 7) is 1.82. The van der Waals surface area contributed by atoms with E-state index >= 15 is 0 Å². The van der Waals surface area contributed by atoms with Crippen molar-refractivity contribution < 1.29 is 14.3 Å². The quantitative estimate of drug-likeness (QED) is 0.826. The summed E-state index contributed by atoms with van der Waals surface area (Å²) in [6, 6.07) is 12.9. The van der Waals surface area contributed by atoms with Crippen LogP contribution in [0.5, 0.6) is 5.75 Å². The maximum Gasteiger partial charge on any atom is 0.272 e. The number of hydrogen-bond donors (Lipinski definition) is 0. The van der Waals surface area contributed by atoms with Crippen LogP contribution < -0.4 is 4.74 Å². The maximum atomic E-state index is 12.7. The van der Waals surface area contributed by atoms with Gasteiger partial charge in [-0.25, -0.2) is 0 Å². The Hall–Kier alpha value is -2.11. The smallest absolute Gasteiger partial charge is 0.272 e. The fraction of sp³-hybridized carbons (Fsp3) is 0.400. The molecular weight excluding hydrogens is 352 g/mol. The molecule has 0 aliphatic carbocycles. The van der Waals surface area contributed by atoms with Gasteiger partial charge in [-0.1, -0.05) is 29.8 Å². The van der Waals surface area contributed by atoms with Crippen LogP contribution in [0.3, 0.4) is 0 Å². The monoisotopic (exact) mass is 372 g/mol. The van der Waals surface area contributed by atoms with E-state index in [0.29, 0.717) is 29.6 Å². The lowest BCUT2D eigenvalue weighted by molar-refractivity contribution is -0.0454. The molecule has 2 aromatic rings. The summed E-state index contributed by atoms with van der Waals surface area (Å²) in [6.07, 6.45) is 4.19. The molecule has 2 aliphatic heterocycles. The Kier molecular flexibility index (Phi) is 4.83. The predicted molar refractivity (Wildman–Crippen MR) is 98.5 cm³/mol. The molecule has 1 aromatic heterocycles. The first-order valence-corrected chi connectivity index (χ1v) is 9.28. The average Bonchev–Trinajstić information content (AvgIpc) is 3.05. The molecule has 2 fully saturated rings. The van der Waals surface area contributed by atoms with Gasteiger partial charge in [0.15, 0.2) is 0 Å². The topological polar surface area (TPSA) is 51.7 Å². The Bertz CT molecular complexity index is 786. The lowest BCUT2D eigenvalue weighted by Gasteiger charge is -2.39. The SMILES string of the molecule is O=C(c1ccccn1)N1CCC[C@@]2(C[C@@H](Oc3ccccc3Cl)CO2)C1. The third-order valence-corrected chi connectivity index (χ3v) is 5.33. The maximum absolute atomic E-state index is 12.7. The van der Waals surface area contributed by atoms with Gasteiger partial charge in [0, 0.05) is 19.2 Å². The van der Waals surface area contributed by atoms with Crippen LogP contribution in [0.15, 0.2) is 48.7 Å². The van der Waals surface area contributed by atoms with Crippen LogP contribution in [0.2, 0.25) is 5.02 Å². The number of likely N-dealkylation sites (tertiary alicyclic amines) is 1. The van der Waals surface area contributed by atoms with E-state index in [2.05, 4.69) is 4.98 Å². The summed E-state index contributed by atoms with van der Waals surface area (Å²) in [7, 11) is 0. The standard InChI is InChI=1S/C20H21ClN2O3/c21-16-6-1-2-8-18(16)26-15-12-20(25-13-15)9-5-11-23(14-20)19(24)17-7-3-4-10-22-17/h1-4,6-8,10,15H,5,9,11-14H2/t15-,20-/m1/s1. The minimum atomic E-state index is -0.339. The second-order valence-electron chi connectivity index (χ2n) is 6.91. The number of piperidine rings is 1. The van der Waals surface area contributed by atoms with Gasteiger partial charge in [0.25, 0.3) is 5.91 Å². The van der Waals surface area contributed by atoms with Crippen molar-refractivity contribution in [1.29, 1.82) is 0 Å². The molecule has 136 valence electrons. The van der Waals surface area contributed by atoms with E-state index in [-0.39, 0.29) is 17.6 Å². The number of pyridine rings is 1. The lowest BCUT2D eigenvalue weighted by Crippen LogP contribution is -2.50. The normalized spacial score (nSPS) is 25.4. The highest BCUT2D eigenvalue weighted by Crippen LogP contribution is 2.37. The minimum absolute atomic E-state index is 0.0382. The van der Waals surface area contributed by atoms with Crippen molar-refractivity contribution in [3.8, 4) is 5.75 Å². The van der Waals surface area contributed by atoms with Crippen LogP contribution in [-0.4, -0.2) is 47.2 Å². The van der Waals surface area contributed by atoms with E-state index in [1.807, 2.05) is 41.3 Å². The number of carbonyl (C=O) groups is 1. The first-order valence-electron chi connectivity index (χ1n) is 8.91. The van der Waals surface area contributed by atoms with Gasteiger partial charge in [-0.05, 0) is 37.1 Å². The first kappa shape index (κ1) is 17.3. The fourth-order valence-electron chi connectivity index (χ4n) is 3.81. The molecule has 2 atom stereocenters. The molecule has 2 saturated heterocycles. The van der Waals surface area contributed by atoms with Gasteiger partial charge in [0.1, 0.15) is 17.5 Å². The second-order valence-corrected chi connectivity index (χ2v) is 7.32. The number of nitrogens with zero attached hydrogens (tertiary/aromatic N) is 2. The molecule has 5 nitrogen and oxygen atoms in total. The van der Waals surface area contributed by atoms with Crippen molar-refractivity contribution in [2.75, 3.05) is 19.7 Å². The average molecular weight is 373 g/mol. The summed E-state index contributed by atoms with van der Waals surface area (Å²) in [5, 5.41) is 0.601. The summed E-state index contributed by atoms with van der Waals surface area (Å²) in [4.78, 5) is 18.7. The van der Waals surface area contributed by atoms with Crippen LogP contribution in [0, 0.1) is 0 Å². The first-order chi connectivity index (χ1) is 12.7. The van der Waals surface area contributed by atoms with E-state index in [9.17, 15) is 4.79 Å². The van der Waals surface area contributed by atoms with Crippen LogP contribution in [0.25, 0.3) is 0 Å². The highest BCUT2D eigenvalue weighted by molar-refractivity contribution is 6.32. The summed E-state index contributed by atoms with van der Waals surface area (Å²) < 4.78 is 12.2. The second kappa shape index (κ2) is 7.25. The Morgan fingerprint density at radius 3 is 2.92 bits per heavy atom. The van der Waals surface area contributed by atoms with E-state index in [4.69, 9.17) is 21.1 Å². The van der Waals surface area contributed by atoms with E-state index in [0.717, 1.165) is 25.8 Å². The molecule has 1 aromatic carbocycles. The van der Waals surface area contributed by atoms with Gasteiger partial charge in [-0.15, -0.1) is 0 Å². The van der Waals surface area contributed by atoms with Gasteiger partial charge in [-0.2, -0.15) is 0 Å². The molecule has 0 unspecified atom stereocenters. The van der Waals surface area contributed by atoms with Crippen molar-refractivity contribution >= 4 is 17.5 Å². The van der Waals surface area contributed by atoms with Gasteiger partial charge in [-0.3, -0.25) is 9.78 Å². The van der Waals surface area contributed by atoms with Crippen LogP contribution in [-0.2, 0) is 4.74 Å². The molecule has 2 aliphatic rings. The predicted octanol–water partition coefficient (Wildman–Crippen LogP) is 3.58. The lowest BCUT2D eigenvalue weighted by atomic mass is 9.89. The zero-order chi connectivity index (χ0) is 18.0. The van der Waals surface area contributed by atoms with Crippen molar-refractivity contribution in [1.82, 2.24) is 9.88 Å². The van der Waals surface area contributed by atoms with E-state index in [1.165, 1.54) is 0 Å². The summed E-state index contributed by atoms with van der Waals surface area (Å²) in [5.41, 5.74) is 0.139. The van der Waals surface area contributed by atoms with Crippen LogP contribution in [0.1, 0.15) is 29.8 Å². The number of benzene rings is 1.